The maximum Gasteiger partial charge on any atom is 0.249 e. The second-order valence-electron chi connectivity index (χ2n) is 4.47. The molecule has 0 unspecified atom stereocenters. The first-order valence-corrected chi connectivity index (χ1v) is 8.00. The molecular formula is C14H13ClN2O3S. The third-order valence-electron chi connectivity index (χ3n) is 2.92. The lowest BCUT2D eigenvalue weighted by molar-refractivity contribution is 0.0999. The summed E-state index contributed by atoms with van der Waals surface area (Å²) in [6.07, 6.45) is 0. The summed E-state index contributed by atoms with van der Waals surface area (Å²) in [5.41, 5.74) is 11.6. The summed E-state index contributed by atoms with van der Waals surface area (Å²) in [5, 5.41) is 0.0840. The van der Waals surface area contributed by atoms with Crippen LogP contribution >= 0.6 is 11.6 Å². The van der Waals surface area contributed by atoms with E-state index < -0.39 is 15.7 Å². The maximum absolute atomic E-state index is 12.5. The van der Waals surface area contributed by atoms with Crippen LogP contribution in [0, 0.1) is 0 Å². The molecule has 21 heavy (non-hydrogen) atoms. The number of amides is 1. The molecule has 5 nitrogen and oxygen atoms in total. The van der Waals surface area contributed by atoms with Crippen molar-refractivity contribution in [3.8, 4) is 0 Å². The van der Waals surface area contributed by atoms with Gasteiger partial charge in [-0.15, -0.1) is 0 Å². The van der Waals surface area contributed by atoms with Gasteiger partial charge in [0.25, 0.3) is 0 Å². The van der Waals surface area contributed by atoms with Gasteiger partial charge in [-0.1, -0.05) is 29.8 Å². The number of sulfone groups is 1. The number of hydrogen-bond acceptors (Lipinski definition) is 4. The van der Waals surface area contributed by atoms with Gasteiger partial charge in [0.2, 0.25) is 5.91 Å². The predicted molar refractivity (Wildman–Crippen MR) is 81.7 cm³/mol. The van der Waals surface area contributed by atoms with Crippen LogP contribution in [-0.2, 0) is 15.6 Å². The van der Waals surface area contributed by atoms with E-state index in [2.05, 4.69) is 0 Å². The van der Waals surface area contributed by atoms with Gasteiger partial charge in [-0.2, -0.15) is 0 Å². The smallest absolute Gasteiger partial charge is 0.249 e. The average Bonchev–Trinajstić information content (AvgIpc) is 2.41. The summed E-state index contributed by atoms with van der Waals surface area (Å²) in [5.74, 6) is -1.06. The van der Waals surface area contributed by atoms with E-state index in [-0.39, 0.29) is 21.2 Å². The van der Waals surface area contributed by atoms with Gasteiger partial charge >= 0.3 is 0 Å². The fourth-order valence-corrected chi connectivity index (χ4v) is 3.89. The van der Waals surface area contributed by atoms with Crippen molar-refractivity contribution in [2.75, 3.05) is 5.73 Å². The molecule has 2 rings (SSSR count). The zero-order valence-electron chi connectivity index (χ0n) is 10.9. The third-order valence-corrected chi connectivity index (χ3v) is 5.06. The molecule has 110 valence electrons. The van der Waals surface area contributed by atoms with Gasteiger partial charge in [0.1, 0.15) is 0 Å². The molecule has 0 spiro atoms. The Morgan fingerprint density at radius 3 is 2.48 bits per heavy atom. The van der Waals surface area contributed by atoms with Crippen LogP contribution in [0.1, 0.15) is 15.9 Å². The zero-order chi connectivity index (χ0) is 15.6. The van der Waals surface area contributed by atoms with Gasteiger partial charge in [0, 0.05) is 11.3 Å². The summed E-state index contributed by atoms with van der Waals surface area (Å²) in [4.78, 5) is 11.3. The molecule has 7 heteroatoms. The highest BCUT2D eigenvalue weighted by atomic mass is 35.5. The molecule has 2 aromatic carbocycles. The van der Waals surface area contributed by atoms with Crippen LogP contribution in [-0.4, -0.2) is 14.3 Å². The standard InChI is InChI=1S/C14H13ClN2O3S/c15-12-6-5-10(16)7-13(12)21(19,20)8-9-3-1-2-4-11(9)14(17)18/h1-7H,8,16H2,(H2,17,18). The highest BCUT2D eigenvalue weighted by Gasteiger charge is 2.21. The number of nitrogens with two attached hydrogens (primary N) is 2. The van der Waals surface area contributed by atoms with Crippen LogP contribution in [0.15, 0.2) is 47.4 Å². The third kappa shape index (κ3) is 3.34. The van der Waals surface area contributed by atoms with Crippen LogP contribution in [0.2, 0.25) is 5.02 Å². The Kier molecular flexibility index (Phi) is 4.20. The van der Waals surface area contributed by atoms with E-state index in [1.165, 1.54) is 30.3 Å². The molecule has 0 fully saturated rings. The minimum atomic E-state index is -3.74. The van der Waals surface area contributed by atoms with E-state index in [0.29, 0.717) is 11.3 Å². The van der Waals surface area contributed by atoms with Crippen molar-refractivity contribution in [3.05, 3.63) is 58.6 Å². The van der Waals surface area contributed by atoms with Crippen LogP contribution in [0.5, 0.6) is 0 Å². The Bertz CT molecular complexity index is 804. The maximum atomic E-state index is 12.5. The average molecular weight is 325 g/mol. The van der Waals surface area contributed by atoms with Crippen LogP contribution in [0.4, 0.5) is 5.69 Å². The second kappa shape index (κ2) is 5.75. The number of benzene rings is 2. The van der Waals surface area contributed by atoms with Crippen molar-refractivity contribution in [2.24, 2.45) is 5.73 Å². The van der Waals surface area contributed by atoms with Gasteiger partial charge in [-0.25, -0.2) is 8.42 Å². The molecule has 0 aliphatic rings. The molecule has 0 saturated carbocycles. The Balaban J connectivity index is 2.48. The van der Waals surface area contributed by atoms with E-state index >= 15 is 0 Å². The van der Waals surface area contributed by atoms with E-state index in [1.54, 1.807) is 12.1 Å². The molecule has 0 aromatic heterocycles. The summed E-state index contributed by atoms with van der Waals surface area (Å²) in [7, 11) is -3.74. The molecule has 0 saturated heterocycles. The van der Waals surface area contributed by atoms with Gasteiger partial charge < -0.3 is 11.5 Å². The molecule has 0 bridgehead atoms. The Morgan fingerprint density at radius 1 is 1.14 bits per heavy atom. The van der Waals surface area contributed by atoms with E-state index in [0.717, 1.165) is 0 Å². The van der Waals surface area contributed by atoms with Gasteiger partial charge in [0.05, 0.1) is 15.7 Å². The Morgan fingerprint density at radius 2 is 1.81 bits per heavy atom. The number of nitrogen functional groups attached to an aromatic ring is 1. The number of carbonyl (C=O) groups excluding carboxylic acids is 1. The SMILES string of the molecule is NC(=O)c1ccccc1CS(=O)(=O)c1cc(N)ccc1Cl. The molecular weight excluding hydrogens is 312 g/mol. The van der Waals surface area contributed by atoms with Crippen molar-refractivity contribution in [1.29, 1.82) is 0 Å². The zero-order valence-corrected chi connectivity index (χ0v) is 12.5. The lowest BCUT2D eigenvalue weighted by atomic mass is 10.1. The molecule has 0 aliphatic carbocycles. The van der Waals surface area contributed by atoms with Crippen LogP contribution in [0.25, 0.3) is 0 Å². The first kappa shape index (κ1) is 15.3. The summed E-state index contributed by atoms with van der Waals surface area (Å²) >= 11 is 5.92. The quantitative estimate of drug-likeness (QED) is 0.839. The lowest BCUT2D eigenvalue weighted by Gasteiger charge is -2.10. The number of carbonyl (C=O) groups is 1. The Labute approximate surface area is 127 Å². The Hall–Kier alpha value is -2.05. The van der Waals surface area contributed by atoms with Gasteiger partial charge in [0.15, 0.2) is 9.84 Å². The molecule has 0 heterocycles. The highest BCUT2D eigenvalue weighted by Crippen LogP contribution is 2.27. The summed E-state index contributed by atoms with van der Waals surface area (Å²) in [6, 6.07) is 10.5. The monoisotopic (exact) mass is 324 g/mol. The van der Waals surface area contributed by atoms with Crippen molar-refractivity contribution in [3.63, 3.8) is 0 Å². The van der Waals surface area contributed by atoms with Crippen LogP contribution < -0.4 is 11.5 Å². The fraction of sp³-hybridized carbons (Fsp3) is 0.0714. The van der Waals surface area contributed by atoms with Crippen molar-refractivity contribution < 1.29 is 13.2 Å². The highest BCUT2D eigenvalue weighted by molar-refractivity contribution is 7.90. The van der Waals surface area contributed by atoms with Crippen LogP contribution in [0.3, 0.4) is 0 Å². The number of rotatable bonds is 4. The molecule has 0 radical (unpaired) electrons. The van der Waals surface area contributed by atoms with Crippen molar-refractivity contribution in [1.82, 2.24) is 0 Å². The second-order valence-corrected chi connectivity index (χ2v) is 6.84. The number of anilines is 1. The normalized spacial score (nSPS) is 11.3. The fourth-order valence-electron chi connectivity index (χ4n) is 1.93. The number of primary amides is 1. The lowest BCUT2D eigenvalue weighted by Crippen LogP contribution is -2.16. The molecule has 4 N–H and O–H groups in total. The topological polar surface area (TPSA) is 103 Å². The summed E-state index contributed by atoms with van der Waals surface area (Å²) < 4.78 is 24.9. The van der Waals surface area contributed by atoms with Gasteiger partial charge in [-0.05, 0) is 29.8 Å². The minimum absolute atomic E-state index is 0.0663. The number of hydrogen-bond donors (Lipinski definition) is 2. The molecule has 0 atom stereocenters. The molecule has 2 aromatic rings. The van der Waals surface area contributed by atoms with Crippen molar-refractivity contribution >= 4 is 33.0 Å². The van der Waals surface area contributed by atoms with E-state index in [9.17, 15) is 13.2 Å². The van der Waals surface area contributed by atoms with E-state index in [1.807, 2.05) is 0 Å². The van der Waals surface area contributed by atoms with Gasteiger partial charge in [-0.3, -0.25) is 4.79 Å². The van der Waals surface area contributed by atoms with Crippen molar-refractivity contribution in [2.45, 2.75) is 10.6 Å². The first-order valence-electron chi connectivity index (χ1n) is 5.97. The largest absolute Gasteiger partial charge is 0.399 e. The summed E-state index contributed by atoms with van der Waals surface area (Å²) in [6.45, 7) is 0. The first-order chi connectivity index (χ1) is 9.81. The molecule has 0 aliphatic heterocycles. The molecule has 1 amide bonds. The number of halogens is 1. The van der Waals surface area contributed by atoms with E-state index in [4.69, 9.17) is 23.1 Å². The predicted octanol–water partition coefficient (Wildman–Crippen LogP) is 2.00. The minimum Gasteiger partial charge on any atom is -0.399 e.